The van der Waals surface area contributed by atoms with Crippen LogP contribution in [0.4, 0.5) is 0 Å². The van der Waals surface area contributed by atoms with Crippen LogP contribution in [0.3, 0.4) is 0 Å². The van der Waals surface area contributed by atoms with E-state index in [9.17, 15) is 0 Å². The van der Waals surface area contributed by atoms with Gasteiger partial charge in [0.2, 0.25) is 0 Å². The topological polar surface area (TPSA) is 24.1 Å². The van der Waals surface area contributed by atoms with Crippen LogP contribution < -0.4 is 10.6 Å². The average molecular weight is 208 g/mol. The molecule has 0 aromatic carbocycles. The second kappa shape index (κ2) is 8.16. The lowest BCUT2D eigenvalue weighted by molar-refractivity contribution is 0.809. The summed E-state index contributed by atoms with van der Waals surface area (Å²) in [6.45, 7) is 9.40. The van der Waals surface area contributed by atoms with Gasteiger partial charge in [0.25, 0.3) is 0 Å². The minimum Gasteiger partial charge on any atom is -0.386 e. The van der Waals surface area contributed by atoms with Crippen molar-refractivity contribution >= 4 is 0 Å². The largest absolute Gasteiger partial charge is 0.386 e. The maximum Gasteiger partial charge on any atom is 0.0575 e. The molecule has 0 aliphatic carbocycles. The number of hydrogen-bond donors (Lipinski definition) is 2. The fourth-order valence-corrected chi connectivity index (χ4v) is 1.37. The summed E-state index contributed by atoms with van der Waals surface area (Å²) >= 11 is 0. The Kier molecular flexibility index (Phi) is 7.51. The molecule has 0 rings (SSSR count). The third kappa shape index (κ3) is 4.73. The van der Waals surface area contributed by atoms with Gasteiger partial charge in [-0.25, -0.2) is 0 Å². The third-order valence-corrected chi connectivity index (χ3v) is 2.30. The van der Waals surface area contributed by atoms with Crippen molar-refractivity contribution in [2.24, 2.45) is 0 Å². The van der Waals surface area contributed by atoms with Gasteiger partial charge in [0.15, 0.2) is 0 Å². The van der Waals surface area contributed by atoms with Crippen molar-refractivity contribution in [3.63, 3.8) is 0 Å². The molecule has 0 bridgehead atoms. The minimum absolute atomic E-state index is 0.936. The molecule has 0 heterocycles. The number of hydrogen-bond acceptors (Lipinski definition) is 2. The van der Waals surface area contributed by atoms with E-state index in [-0.39, 0.29) is 0 Å². The lowest BCUT2D eigenvalue weighted by Gasteiger charge is -2.15. The van der Waals surface area contributed by atoms with Gasteiger partial charge in [-0.15, -0.1) is 0 Å². The summed E-state index contributed by atoms with van der Waals surface area (Å²) in [5, 5.41) is 6.63. The Balaban J connectivity index is 5.03. The molecular weight excluding hydrogens is 184 g/mol. The normalized spacial score (nSPS) is 14.1. The predicted octanol–water partition coefficient (Wildman–Crippen LogP) is 2.96. The highest BCUT2D eigenvalue weighted by molar-refractivity contribution is 5.34. The highest BCUT2D eigenvalue weighted by Crippen LogP contribution is 2.12. The van der Waals surface area contributed by atoms with E-state index in [1.807, 2.05) is 20.0 Å². The summed E-state index contributed by atoms with van der Waals surface area (Å²) in [5.41, 5.74) is 3.74. The first-order valence-corrected chi connectivity index (χ1v) is 5.65. The van der Waals surface area contributed by atoms with E-state index in [1.165, 1.54) is 11.3 Å². The first-order valence-electron chi connectivity index (χ1n) is 5.65. The molecule has 0 aliphatic rings. The van der Waals surface area contributed by atoms with Gasteiger partial charge >= 0.3 is 0 Å². The molecule has 0 amide bonds. The molecule has 0 aromatic rings. The average Bonchev–Trinajstić information content (AvgIpc) is 2.26. The number of nitrogens with one attached hydrogen (secondary N) is 2. The van der Waals surface area contributed by atoms with Crippen LogP contribution in [-0.4, -0.2) is 13.6 Å². The van der Waals surface area contributed by atoms with Crippen LogP contribution in [0.15, 0.2) is 35.2 Å². The molecule has 2 heteroatoms. The van der Waals surface area contributed by atoms with E-state index in [1.54, 1.807) is 0 Å². The standard InChI is InChI=1S/C13H24N2/c1-6-9-10-12(15-8-3)13(14-5)11(4)7-2/h6,9-10,14-15H,7-8H2,1-5H3/b9-6-,12-10+,13-11-. The van der Waals surface area contributed by atoms with Crippen molar-refractivity contribution in [1.29, 1.82) is 0 Å². The molecule has 86 valence electrons. The second-order valence-electron chi connectivity index (χ2n) is 3.40. The van der Waals surface area contributed by atoms with E-state index < -0.39 is 0 Å². The quantitative estimate of drug-likeness (QED) is 0.656. The Morgan fingerprint density at radius 3 is 2.33 bits per heavy atom. The van der Waals surface area contributed by atoms with Crippen LogP contribution >= 0.6 is 0 Å². The summed E-state index contributed by atoms with van der Waals surface area (Å²) in [5.74, 6) is 0. The highest BCUT2D eigenvalue weighted by Gasteiger charge is 2.04. The summed E-state index contributed by atoms with van der Waals surface area (Å²) in [4.78, 5) is 0. The monoisotopic (exact) mass is 208 g/mol. The molecule has 0 fully saturated rings. The lowest BCUT2D eigenvalue weighted by atomic mass is 10.1. The van der Waals surface area contributed by atoms with Crippen molar-refractivity contribution < 1.29 is 0 Å². The predicted molar refractivity (Wildman–Crippen MR) is 68.6 cm³/mol. The summed E-state index contributed by atoms with van der Waals surface area (Å²) < 4.78 is 0. The summed E-state index contributed by atoms with van der Waals surface area (Å²) in [6.07, 6.45) is 7.26. The zero-order chi connectivity index (χ0) is 11.7. The first-order chi connectivity index (χ1) is 7.21. The van der Waals surface area contributed by atoms with Gasteiger partial charge in [0.1, 0.15) is 0 Å². The highest BCUT2D eigenvalue weighted by atomic mass is 15.0. The van der Waals surface area contributed by atoms with Crippen LogP contribution in [0.5, 0.6) is 0 Å². The van der Waals surface area contributed by atoms with Crippen LogP contribution in [0.25, 0.3) is 0 Å². The molecule has 15 heavy (non-hydrogen) atoms. The van der Waals surface area contributed by atoms with Gasteiger partial charge < -0.3 is 10.6 Å². The van der Waals surface area contributed by atoms with Gasteiger partial charge in [0, 0.05) is 13.6 Å². The molecule has 2 nitrogen and oxygen atoms in total. The number of likely N-dealkylation sites (N-methyl/N-ethyl adjacent to an activating group) is 2. The molecule has 0 unspecified atom stereocenters. The van der Waals surface area contributed by atoms with Crippen molar-refractivity contribution in [3.05, 3.63) is 35.2 Å². The van der Waals surface area contributed by atoms with Crippen LogP contribution in [0.2, 0.25) is 0 Å². The molecule has 0 spiro atoms. The van der Waals surface area contributed by atoms with E-state index in [0.29, 0.717) is 0 Å². The van der Waals surface area contributed by atoms with Crippen molar-refractivity contribution in [3.8, 4) is 0 Å². The minimum atomic E-state index is 0.936. The number of allylic oxidation sites excluding steroid dienone is 4. The molecule has 0 aromatic heterocycles. The Hall–Kier alpha value is -1.18. The van der Waals surface area contributed by atoms with Crippen LogP contribution in [0, 0.1) is 0 Å². The first kappa shape index (κ1) is 13.8. The Morgan fingerprint density at radius 2 is 1.93 bits per heavy atom. The molecule has 0 aliphatic heterocycles. The maximum atomic E-state index is 3.37. The fourth-order valence-electron chi connectivity index (χ4n) is 1.37. The molecule has 0 saturated carbocycles. The summed E-state index contributed by atoms with van der Waals surface area (Å²) in [7, 11) is 1.97. The second-order valence-corrected chi connectivity index (χ2v) is 3.40. The maximum absolute atomic E-state index is 3.37. The lowest BCUT2D eigenvalue weighted by Crippen LogP contribution is -2.22. The Bertz CT molecular complexity index is 260. The van der Waals surface area contributed by atoms with Crippen molar-refractivity contribution in [1.82, 2.24) is 10.6 Å². The Morgan fingerprint density at radius 1 is 1.27 bits per heavy atom. The van der Waals surface area contributed by atoms with E-state index in [2.05, 4.69) is 43.6 Å². The SMILES string of the molecule is C\C=C/C=C(NCC)\C(NC)=C(/C)CC. The smallest absolute Gasteiger partial charge is 0.0575 e. The van der Waals surface area contributed by atoms with Crippen molar-refractivity contribution in [2.45, 2.75) is 34.1 Å². The molecule has 0 radical (unpaired) electrons. The molecule has 2 N–H and O–H groups in total. The van der Waals surface area contributed by atoms with E-state index in [4.69, 9.17) is 0 Å². The van der Waals surface area contributed by atoms with Gasteiger partial charge in [-0.05, 0) is 38.8 Å². The van der Waals surface area contributed by atoms with E-state index >= 15 is 0 Å². The summed E-state index contributed by atoms with van der Waals surface area (Å²) in [6, 6.07) is 0. The van der Waals surface area contributed by atoms with Crippen LogP contribution in [-0.2, 0) is 0 Å². The fraction of sp³-hybridized carbons (Fsp3) is 0.538. The zero-order valence-corrected chi connectivity index (χ0v) is 10.6. The van der Waals surface area contributed by atoms with E-state index in [0.717, 1.165) is 18.7 Å². The molecule has 0 saturated heterocycles. The third-order valence-electron chi connectivity index (χ3n) is 2.30. The Labute approximate surface area is 94.1 Å². The van der Waals surface area contributed by atoms with Gasteiger partial charge in [0.05, 0.1) is 11.4 Å². The number of rotatable bonds is 6. The van der Waals surface area contributed by atoms with Gasteiger partial charge in [-0.3, -0.25) is 0 Å². The van der Waals surface area contributed by atoms with Crippen LogP contribution in [0.1, 0.15) is 34.1 Å². The van der Waals surface area contributed by atoms with Crippen molar-refractivity contribution in [2.75, 3.05) is 13.6 Å². The molecular formula is C13H24N2. The van der Waals surface area contributed by atoms with Gasteiger partial charge in [-0.1, -0.05) is 19.1 Å². The molecule has 0 atom stereocenters. The van der Waals surface area contributed by atoms with Gasteiger partial charge in [-0.2, -0.15) is 0 Å². The zero-order valence-electron chi connectivity index (χ0n) is 10.6.